The monoisotopic (exact) mass is 499 g/mol. The van der Waals surface area contributed by atoms with Crippen molar-refractivity contribution in [2.45, 2.75) is 6.92 Å². The number of benzene rings is 3. The van der Waals surface area contributed by atoms with Gasteiger partial charge in [0.25, 0.3) is 0 Å². The number of nitrogens with one attached hydrogen (secondary N) is 2. The minimum Gasteiger partial charge on any atom is -0.493 e. The highest BCUT2D eigenvalue weighted by atomic mass is 35.5. The summed E-state index contributed by atoms with van der Waals surface area (Å²) in [6, 6.07) is 16.0. The molecule has 0 aromatic heterocycles. The average Bonchev–Trinajstić information content (AvgIpc) is 2.82. The second-order valence-electron chi connectivity index (χ2n) is 6.90. The molecule has 0 fully saturated rings. The van der Waals surface area contributed by atoms with Gasteiger partial charge in [-0.1, -0.05) is 41.4 Å². The standard InChI is InChI=1S/C24H19Cl2N3O5/c1-14-7-9-16(12-19(14)26)28-22(30)23(31)29-27-13-15-8-10-20(21(11-15)33-2)34-24(32)17-5-3-4-6-18(17)25/h3-13H,1-2H3,(H,28,30)(H,29,31)/b27-13+. The van der Waals surface area contributed by atoms with E-state index in [-0.39, 0.29) is 22.1 Å². The molecule has 2 N–H and O–H groups in total. The third-order valence-electron chi connectivity index (χ3n) is 4.50. The number of carbonyl (C=O) groups is 3. The van der Waals surface area contributed by atoms with E-state index in [0.29, 0.717) is 16.3 Å². The highest BCUT2D eigenvalue weighted by molar-refractivity contribution is 6.40. The maximum absolute atomic E-state index is 12.4. The van der Waals surface area contributed by atoms with Gasteiger partial charge in [-0.05, 0) is 60.5 Å². The molecule has 174 valence electrons. The van der Waals surface area contributed by atoms with E-state index in [0.717, 1.165) is 5.56 Å². The number of anilines is 1. The zero-order valence-electron chi connectivity index (χ0n) is 18.1. The summed E-state index contributed by atoms with van der Waals surface area (Å²) in [5.74, 6) is -2.09. The minimum atomic E-state index is -0.967. The Bertz CT molecular complexity index is 1280. The zero-order valence-corrected chi connectivity index (χ0v) is 19.6. The van der Waals surface area contributed by atoms with Crippen molar-refractivity contribution >= 4 is 52.9 Å². The topological polar surface area (TPSA) is 106 Å². The normalized spacial score (nSPS) is 10.6. The lowest BCUT2D eigenvalue weighted by Gasteiger charge is -2.10. The summed E-state index contributed by atoms with van der Waals surface area (Å²) in [7, 11) is 1.41. The number of aryl methyl sites for hydroxylation is 1. The van der Waals surface area contributed by atoms with Crippen molar-refractivity contribution in [2.24, 2.45) is 5.10 Å². The zero-order chi connectivity index (χ0) is 24.7. The number of amides is 2. The van der Waals surface area contributed by atoms with E-state index in [1.807, 2.05) is 6.92 Å². The van der Waals surface area contributed by atoms with E-state index in [4.69, 9.17) is 32.7 Å². The molecule has 0 spiro atoms. The number of nitrogens with zero attached hydrogens (tertiary/aromatic N) is 1. The number of hydrogen-bond acceptors (Lipinski definition) is 6. The molecule has 0 aliphatic rings. The van der Waals surface area contributed by atoms with Crippen molar-refractivity contribution in [3.63, 3.8) is 0 Å². The van der Waals surface area contributed by atoms with E-state index >= 15 is 0 Å². The molecule has 3 aromatic rings. The Morgan fingerprint density at radius 3 is 2.38 bits per heavy atom. The number of halogens is 2. The SMILES string of the molecule is COc1cc(/C=N/NC(=O)C(=O)Nc2ccc(C)c(Cl)c2)ccc1OC(=O)c1ccccc1Cl. The van der Waals surface area contributed by atoms with Crippen molar-refractivity contribution in [3.8, 4) is 11.5 Å². The summed E-state index contributed by atoms with van der Waals surface area (Å²) in [4.78, 5) is 36.4. The van der Waals surface area contributed by atoms with E-state index in [2.05, 4.69) is 15.8 Å². The number of ether oxygens (including phenoxy) is 2. The van der Waals surface area contributed by atoms with Crippen LogP contribution in [0, 0.1) is 6.92 Å². The largest absolute Gasteiger partial charge is 0.493 e. The Balaban J connectivity index is 1.61. The van der Waals surface area contributed by atoms with Gasteiger partial charge in [0, 0.05) is 10.7 Å². The average molecular weight is 500 g/mol. The smallest absolute Gasteiger partial charge is 0.345 e. The van der Waals surface area contributed by atoms with E-state index in [1.54, 1.807) is 48.5 Å². The fraction of sp³-hybridized carbons (Fsp3) is 0.0833. The Morgan fingerprint density at radius 2 is 1.68 bits per heavy atom. The van der Waals surface area contributed by atoms with E-state index in [1.165, 1.54) is 25.5 Å². The van der Waals surface area contributed by atoms with Crippen LogP contribution >= 0.6 is 23.2 Å². The number of hydrogen-bond donors (Lipinski definition) is 2. The lowest BCUT2D eigenvalue weighted by molar-refractivity contribution is -0.136. The van der Waals surface area contributed by atoms with Crippen LogP contribution in [0.15, 0.2) is 65.8 Å². The van der Waals surface area contributed by atoms with Crippen molar-refractivity contribution in [1.29, 1.82) is 0 Å². The van der Waals surface area contributed by atoms with Gasteiger partial charge in [-0.3, -0.25) is 9.59 Å². The molecular weight excluding hydrogens is 481 g/mol. The Kier molecular flexibility index (Phi) is 8.24. The van der Waals surface area contributed by atoms with E-state index in [9.17, 15) is 14.4 Å². The van der Waals surface area contributed by atoms with E-state index < -0.39 is 17.8 Å². The first-order chi connectivity index (χ1) is 16.3. The molecule has 8 nitrogen and oxygen atoms in total. The molecule has 0 bridgehead atoms. The Morgan fingerprint density at radius 1 is 0.912 bits per heavy atom. The molecule has 0 saturated carbocycles. The van der Waals surface area contributed by atoms with Gasteiger partial charge >= 0.3 is 17.8 Å². The summed E-state index contributed by atoms with van der Waals surface area (Å²) in [6.07, 6.45) is 1.30. The summed E-state index contributed by atoms with van der Waals surface area (Å²) < 4.78 is 10.6. The molecule has 10 heteroatoms. The molecule has 0 radical (unpaired) electrons. The molecule has 3 rings (SSSR count). The highest BCUT2D eigenvalue weighted by Crippen LogP contribution is 2.29. The van der Waals surface area contributed by atoms with Gasteiger partial charge in [-0.2, -0.15) is 5.10 Å². The molecule has 2 amide bonds. The van der Waals surface area contributed by atoms with Crippen LogP contribution in [0.5, 0.6) is 11.5 Å². The van der Waals surface area contributed by atoms with Crippen LogP contribution in [0.3, 0.4) is 0 Å². The predicted molar refractivity (Wildman–Crippen MR) is 130 cm³/mol. The number of carbonyl (C=O) groups excluding carboxylic acids is 3. The van der Waals surface area contributed by atoms with Gasteiger partial charge in [0.05, 0.1) is 23.9 Å². The van der Waals surface area contributed by atoms with Crippen molar-refractivity contribution in [2.75, 3.05) is 12.4 Å². The van der Waals surface area contributed by atoms with Crippen molar-refractivity contribution in [3.05, 3.63) is 87.4 Å². The van der Waals surface area contributed by atoms with Crippen LogP contribution in [-0.2, 0) is 9.59 Å². The Labute approximate surface area is 205 Å². The maximum atomic E-state index is 12.4. The van der Waals surface area contributed by atoms with Gasteiger partial charge in [0.1, 0.15) is 0 Å². The lowest BCUT2D eigenvalue weighted by Crippen LogP contribution is -2.32. The van der Waals surface area contributed by atoms with Crippen LogP contribution in [0.25, 0.3) is 0 Å². The predicted octanol–water partition coefficient (Wildman–Crippen LogP) is 4.62. The molecule has 0 heterocycles. The van der Waals surface area contributed by atoms with Crippen LogP contribution in [-0.4, -0.2) is 31.1 Å². The summed E-state index contributed by atoms with van der Waals surface area (Å²) in [5.41, 5.74) is 4.08. The third-order valence-corrected chi connectivity index (χ3v) is 5.24. The number of rotatable bonds is 6. The molecule has 3 aromatic carbocycles. The summed E-state index contributed by atoms with van der Waals surface area (Å²) in [5, 5.41) is 6.93. The number of esters is 1. The molecule has 0 aliphatic carbocycles. The molecule has 0 atom stereocenters. The number of methoxy groups -OCH3 is 1. The first kappa shape index (κ1) is 24.8. The maximum Gasteiger partial charge on any atom is 0.345 e. The van der Waals surface area contributed by atoms with Crippen LogP contribution in [0.2, 0.25) is 10.0 Å². The van der Waals surface area contributed by atoms with Crippen LogP contribution < -0.4 is 20.2 Å². The molecular formula is C24H19Cl2N3O5. The molecule has 34 heavy (non-hydrogen) atoms. The van der Waals surface area contributed by atoms with Crippen molar-refractivity contribution < 1.29 is 23.9 Å². The van der Waals surface area contributed by atoms with Gasteiger partial charge in [0.15, 0.2) is 11.5 Å². The first-order valence-electron chi connectivity index (χ1n) is 9.83. The highest BCUT2D eigenvalue weighted by Gasteiger charge is 2.16. The molecule has 0 unspecified atom stereocenters. The summed E-state index contributed by atoms with van der Waals surface area (Å²) >= 11 is 12.0. The fourth-order valence-electron chi connectivity index (χ4n) is 2.71. The first-order valence-corrected chi connectivity index (χ1v) is 10.6. The Hall–Kier alpha value is -3.88. The van der Waals surface area contributed by atoms with Gasteiger partial charge < -0.3 is 14.8 Å². The van der Waals surface area contributed by atoms with Crippen molar-refractivity contribution in [1.82, 2.24) is 5.43 Å². The second kappa shape index (κ2) is 11.3. The quantitative estimate of drug-likeness (QED) is 0.169. The lowest BCUT2D eigenvalue weighted by atomic mass is 10.2. The number of hydrazone groups is 1. The second-order valence-corrected chi connectivity index (χ2v) is 7.71. The van der Waals surface area contributed by atoms with Gasteiger partial charge in [0.2, 0.25) is 0 Å². The van der Waals surface area contributed by atoms with Gasteiger partial charge in [-0.15, -0.1) is 0 Å². The molecule has 0 aliphatic heterocycles. The van der Waals surface area contributed by atoms with Crippen LogP contribution in [0.4, 0.5) is 5.69 Å². The minimum absolute atomic E-state index is 0.171. The fourth-order valence-corrected chi connectivity index (χ4v) is 3.10. The summed E-state index contributed by atoms with van der Waals surface area (Å²) in [6.45, 7) is 1.82. The van der Waals surface area contributed by atoms with Crippen LogP contribution in [0.1, 0.15) is 21.5 Å². The molecule has 0 saturated heterocycles. The van der Waals surface area contributed by atoms with Gasteiger partial charge in [-0.25, -0.2) is 10.2 Å². The third kappa shape index (κ3) is 6.34.